The van der Waals surface area contributed by atoms with E-state index in [1.807, 2.05) is 30.5 Å². The molecule has 0 radical (unpaired) electrons. The van der Waals surface area contributed by atoms with Crippen LogP contribution < -0.4 is 15.1 Å². The lowest BCUT2D eigenvalue weighted by molar-refractivity contribution is 0.104. The number of benzene rings is 1. The molecule has 2 saturated heterocycles. The number of likely N-dealkylation sites (tertiary alicyclic amines) is 1. The largest absolute Gasteiger partial charge is 0.481 e. The predicted molar refractivity (Wildman–Crippen MR) is 179 cm³/mol. The molecule has 0 bridgehead atoms. The Morgan fingerprint density at radius 3 is 2.67 bits per heavy atom. The van der Waals surface area contributed by atoms with Gasteiger partial charge in [-0.3, -0.25) is 14.7 Å². The number of likely N-dealkylation sites (N-methyl/N-ethyl adjacent to an activating group) is 1. The number of aromatic nitrogens is 2. The molecule has 238 valence electrons. The van der Waals surface area contributed by atoms with Crippen LogP contribution in [0, 0.1) is 5.82 Å². The number of aliphatic imine (C=N–C) groups is 1. The number of pyridine rings is 2. The van der Waals surface area contributed by atoms with Crippen molar-refractivity contribution in [2.24, 2.45) is 4.99 Å². The number of anilines is 1. The van der Waals surface area contributed by atoms with E-state index in [-0.39, 0.29) is 17.3 Å². The Hall–Kier alpha value is -4.02. The minimum atomic E-state index is -0.327. The van der Waals surface area contributed by atoms with Gasteiger partial charge in [-0.1, -0.05) is 6.58 Å². The van der Waals surface area contributed by atoms with Crippen LogP contribution >= 0.6 is 0 Å². The summed E-state index contributed by atoms with van der Waals surface area (Å²) >= 11 is 0. The summed E-state index contributed by atoms with van der Waals surface area (Å²) in [5.41, 5.74) is 4.00. The standard InChI is InChI=1S/C35H44FN7O2/c1-5-27(20-37-2)41-12-6-7-29(24-41)42(21-25-10-11-38-34(17-25)45-4)22-26-23-43(28-8-9-28)32-19-33(31(36)18-30(32)35(26)44)40-15-13-39(3)14-16-40/h5,10-11,17-20,23,28-29H,1-2,6-9,12-16,21-22,24H2,3-4H3/b27-20+/t29-/m0/s1. The van der Waals surface area contributed by atoms with Gasteiger partial charge < -0.3 is 24.0 Å². The predicted octanol–water partition coefficient (Wildman–Crippen LogP) is 4.83. The molecule has 1 saturated carbocycles. The summed E-state index contributed by atoms with van der Waals surface area (Å²) < 4.78 is 23.4. The van der Waals surface area contributed by atoms with Crippen LogP contribution in [0.5, 0.6) is 5.88 Å². The molecule has 2 aromatic heterocycles. The number of halogens is 1. The van der Waals surface area contributed by atoms with Crippen molar-refractivity contribution in [3.63, 3.8) is 0 Å². The Kier molecular flexibility index (Phi) is 9.32. The molecule has 3 aliphatic rings. The number of piperazine rings is 1. The maximum atomic E-state index is 15.7. The second kappa shape index (κ2) is 13.5. The highest BCUT2D eigenvalue weighted by Crippen LogP contribution is 2.38. The van der Waals surface area contributed by atoms with Crippen LogP contribution in [0.2, 0.25) is 0 Å². The lowest BCUT2D eigenvalue weighted by Crippen LogP contribution is -2.47. The lowest BCUT2D eigenvalue weighted by Gasteiger charge is -2.40. The van der Waals surface area contributed by atoms with Gasteiger partial charge in [0.2, 0.25) is 5.88 Å². The number of fused-ring (bicyclic) bond motifs is 1. The second-order valence-corrected chi connectivity index (χ2v) is 12.5. The topological polar surface area (TPSA) is 69.4 Å². The van der Waals surface area contributed by atoms with Gasteiger partial charge in [-0.15, -0.1) is 0 Å². The first-order valence-electron chi connectivity index (χ1n) is 16.0. The molecule has 2 aliphatic heterocycles. The van der Waals surface area contributed by atoms with Crippen molar-refractivity contribution in [3.8, 4) is 5.88 Å². The first-order valence-corrected chi connectivity index (χ1v) is 16.0. The van der Waals surface area contributed by atoms with E-state index in [0.29, 0.717) is 41.6 Å². The monoisotopic (exact) mass is 613 g/mol. The Bertz CT molecular complexity index is 1640. The molecule has 0 unspecified atom stereocenters. The van der Waals surface area contributed by atoms with Gasteiger partial charge in [-0.05, 0) is 69.3 Å². The smallest absolute Gasteiger partial charge is 0.213 e. The van der Waals surface area contributed by atoms with Gasteiger partial charge in [0.15, 0.2) is 5.43 Å². The minimum absolute atomic E-state index is 0.0989. The molecule has 1 aliphatic carbocycles. The first-order chi connectivity index (χ1) is 21.9. The molecule has 1 aromatic carbocycles. The fourth-order valence-electron chi connectivity index (χ4n) is 6.74. The third kappa shape index (κ3) is 6.82. The van der Waals surface area contributed by atoms with Crippen LogP contribution in [0.1, 0.15) is 42.9 Å². The average Bonchev–Trinajstić information content (AvgIpc) is 3.91. The highest BCUT2D eigenvalue weighted by molar-refractivity contribution is 5.84. The van der Waals surface area contributed by atoms with Crippen LogP contribution in [0.25, 0.3) is 10.9 Å². The minimum Gasteiger partial charge on any atom is -0.481 e. The van der Waals surface area contributed by atoms with Gasteiger partial charge in [0.25, 0.3) is 0 Å². The number of hydrogen-bond donors (Lipinski definition) is 0. The number of allylic oxidation sites excluding steroid dienone is 1. The Labute approximate surface area is 264 Å². The third-order valence-electron chi connectivity index (χ3n) is 9.44. The fraction of sp³-hybridized carbons (Fsp3) is 0.457. The molecule has 10 heteroatoms. The third-order valence-corrected chi connectivity index (χ3v) is 9.44. The van der Waals surface area contributed by atoms with Crippen molar-refractivity contribution in [1.82, 2.24) is 24.3 Å². The van der Waals surface area contributed by atoms with E-state index in [9.17, 15) is 4.79 Å². The molecular formula is C35H44FN7O2. The number of hydrogen-bond acceptors (Lipinski definition) is 8. The van der Waals surface area contributed by atoms with Gasteiger partial charge in [0.1, 0.15) is 5.82 Å². The summed E-state index contributed by atoms with van der Waals surface area (Å²) in [5.74, 6) is 0.229. The van der Waals surface area contributed by atoms with Crippen LogP contribution in [0.3, 0.4) is 0 Å². The molecule has 6 rings (SSSR count). The lowest BCUT2D eigenvalue weighted by atomic mass is 10.0. The van der Waals surface area contributed by atoms with Crippen LogP contribution in [-0.2, 0) is 13.1 Å². The molecule has 4 heterocycles. The Balaban J connectivity index is 1.37. The van der Waals surface area contributed by atoms with Crippen molar-refractivity contribution in [2.75, 3.05) is 58.3 Å². The molecule has 0 N–H and O–H groups in total. The molecule has 1 atom stereocenters. The summed E-state index contributed by atoms with van der Waals surface area (Å²) in [4.78, 5) is 31.5. The molecule has 3 aromatic rings. The van der Waals surface area contributed by atoms with E-state index in [4.69, 9.17) is 4.74 Å². The van der Waals surface area contributed by atoms with E-state index in [1.165, 1.54) is 6.07 Å². The van der Waals surface area contributed by atoms with Crippen molar-refractivity contribution in [3.05, 3.63) is 88.4 Å². The van der Waals surface area contributed by atoms with Crippen LogP contribution in [0.15, 0.2) is 71.0 Å². The van der Waals surface area contributed by atoms with Gasteiger partial charge in [0, 0.05) is 100 Å². The van der Waals surface area contributed by atoms with E-state index in [1.54, 1.807) is 19.5 Å². The fourth-order valence-corrected chi connectivity index (χ4v) is 6.74. The van der Waals surface area contributed by atoms with Crippen molar-refractivity contribution >= 4 is 23.3 Å². The number of methoxy groups -OCH3 is 1. The number of ether oxygens (including phenoxy) is 1. The van der Waals surface area contributed by atoms with E-state index < -0.39 is 0 Å². The molecular weight excluding hydrogens is 569 g/mol. The van der Waals surface area contributed by atoms with Gasteiger partial charge in [-0.25, -0.2) is 9.37 Å². The molecule has 0 amide bonds. The van der Waals surface area contributed by atoms with E-state index >= 15 is 4.39 Å². The Morgan fingerprint density at radius 2 is 1.96 bits per heavy atom. The second-order valence-electron chi connectivity index (χ2n) is 12.5. The zero-order chi connectivity index (χ0) is 31.5. The van der Waals surface area contributed by atoms with E-state index in [0.717, 1.165) is 81.7 Å². The highest BCUT2D eigenvalue weighted by atomic mass is 19.1. The zero-order valence-corrected chi connectivity index (χ0v) is 26.5. The average molecular weight is 614 g/mol. The summed E-state index contributed by atoms with van der Waals surface area (Å²) in [7, 11) is 3.70. The van der Waals surface area contributed by atoms with Gasteiger partial charge in [0.05, 0.1) is 24.0 Å². The number of rotatable bonds is 11. The number of nitrogens with zero attached hydrogens (tertiary/aromatic N) is 7. The molecule has 45 heavy (non-hydrogen) atoms. The summed E-state index contributed by atoms with van der Waals surface area (Å²) in [6, 6.07) is 7.82. The Morgan fingerprint density at radius 1 is 1.16 bits per heavy atom. The maximum absolute atomic E-state index is 15.7. The summed E-state index contributed by atoms with van der Waals surface area (Å²) in [6.07, 6.45) is 11.5. The quantitative estimate of drug-likeness (QED) is 0.227. The van der Waals surface area contributed by atoms with Crippen molar-refractivity contribution in [1.29, 1.82) is 0 Å². The zero-order valence-electron chi connectivity index (χ0n) is 26.5. The number of piperidine rings is 1. The van der Waals surface area contributed by atoms with Crippen molar-refractivity contribution in [2.45, 2.75) is 50.9 Å². The maximum Gasteiger partial charge on any atom is 0.213 e. The normalized spacial score (nSPS) is 19.7. The molecule has 9 nitrogen and oxygen atoms in total. The van der Waals surface area contributed by atoms with Gasteiger partial charge in [-0.2, -0.15) is 0 Å². The first kappa shape index (κ1) is 31.0. The summed E-state index contributed by atoms with van der Waals surface area (Å²) in [5, 5.41) is 0.458. The van der Waals surface area contributed by atoms with Gasteiger partial charge >= 0.3 is 0 Å². The SMILES string of the molecule is C=C/C(=C\N=C)N1CCC[C@H](N(Cc2ccnc(OC)c2)Cc2cn(C3CC3)c3cc(N4CCN(C)CC4)c(F)cc3c2=O)C1. The van der Waals surface area contributed by atoms with E-state index in [2.05, 4.69) is 54.5 Å². The highest BCUT2D eigenvalue weighted by Gasteiger charge is 2.30. The molecule has 0 spiro atoms. The molecule has 3 fully saturated rings. The van der Waals surface area contributed by atoms with Crippen LogP contribution in [-0.4, -0.2) is 90.4 Å². The van der Waals surface area contributed by atoms with Crippen molar-refractivity contribution < 1.29 is 9.13 Å². The summed E-state index contributed by atoms with van der Waals surface area (Å²) in [6.45, 7) is 13.7. The van der Waals surface area contributed by atoms with Crippen LogP contribution in [0.4, 0.5) is 10.1 Å².